The minimum Gasteiger partial charge on any atom is -0.491 e. The van der Waals surface area contributed by atoms with Gasteiger partial charge in [-0.2, -0.15) is 0 Å². The van der Waals surface area contributed by atoms with E-state index < -0.39 is 17.6 Å². The van der Waals surface area contributed by atoms with E-state index in [-0.39, 0.29) is 40.8 Å². The maximum Gasteiger partial charge on any atom is 0.338 e. The Kier molecular flexibility index (Phi) is 8.79. The molecule has 1 amide bonds. The highest BCUT2D eigenvalue weighted by molar-refractivity contribution is 7.07. The number of anilines is 1. The van der Waals surface area contributed by atoms with Crippen molar-refractivity contribution in [2.45, 2.75) is 39.5 Å². The van der Waals surface area contributed by atoms with Crippen LogP contribution in [-0.2, 0) is 20.9 Å². The summed E-state index contributed by atoms with van der Waals surface area (Å²) in [5.74, 6) is -0.236. The molecule has 1 aromatic heterocycles. The number of benzene rings is 4. The van der Waals surface area contributed by atoms with Gasteiger partial charge in [0.1, 0.15) is 10.3 Å². The van der Waals surface area contributed by atoms with Gasteiger partial charge >= 0.3 is 5.97 Å². The van der Waals surface area contributed by atoms with Crippen LogP contribution >= 0.6 is 22.9 Å². The van der Waals surface area contributed by atoms with Crippen molar-refractivity contribution < 1.29 is 19.1 Å². The molecule has 0 spiro atoms. The average Bonchev–Trinajstić information content (AvgIpc) is 3.57. The van der Waals surface area contributed by atoms with Crippen molar-refractivity contribution in [3.05, 3.63) is 156 Å². The summed E-state index contributed by atoms with van der Waals surface area (Å²) >= 11 is 7.64. The fourth-order valence-electron chi connectivity index (χ4n) is 6.26. The number of thiazole rings is 1. The van der Waals surface area contributed by atoms with Gasteiger partial charge in [0.2, 0.25) is 0 Å². The summed E-state index contributed by atoms with van der Waals surface area (Å²) in [6.45, 7) is 5.99. The molecule has 5 aromatic rings. The Hall–Kier alpha value is -5.25. The fourth-order valence-corrected chi connectivity index (χ4v) is 7.55. The summed E-state index contributed by atoms with van der Waals surface area (Å²) in [7, 11) is 0. The monoisotopic (exact) mass is 689 g/mol. The highest BCUT2D eigenvalue weighted by atomic mass is 35.5. The minimum absolute atomic E-state index is 0.0333. The first-order valence-electron chi connectivity index (χ1n) is 16.0. The van der Waals surface area contributed by atoms with E-state index >= 15 is 0 Å². The number of halogens is 1. The number of esters is 1. The molecule has 1 atom stereocenters. The third-order valence-electron chi connectivity index (χ3n) is 8.35. The summed E-state index contributed by atoms with van der Waals surface area (Å²) in [5, 5.41) is 0.547. The molecule has 7 rings (SSSR count). The van der Waals surface area contributed by atoms with Crippen LogP contribution in [0.3, 0.4) is 0 Å². The second kappa shape index (κ2) is 13.3. The molecule has 2 aliphatic rings. The van der Waals surface area contributed by atoms with Crippen LogP contribution in [0.2, 0.25) is 5.02 Å². The summed E-state index contributed by atoms with van der Waals surface area (Å²) in [6, 6.07) is 30.6. The predicted octanol–water partition coefficient (Wildman–Crippen LogP) is 6.29. The molecule has 0 saturated heterocycles. The molecule has 8 nitrogen and oxygen atoms in total. The maximum absolute atomic E-state index is 14.7. The lowest BCUT2D eigenvalue weighted by molar-refractivity contribution is -0.138. The summed E-state index contributed by atoms with van der Waals surface area (Å²) < 4.78 is 13.2. The SMILES string of the molecule is CCOC(=O)C1=C(c2ccccc2)N=c2s/c(=C3\C(=O)N(Cc4ccccc4Cl)c4ccccc43)c(=O)n2[C@@H]1c1ccc(OC(C)C)cc1. The lowest BCUT2D eigenvalue weighted by atomic mass is 9.93. The molecule has 0 saturated carbocycles. The van der Waals surface area contributed by atoms with E-state index in [1.807, 2.05) is 111 Å². The van der Waals surface area contributed by atoms with Crippen molar-refractivity contribution in [3.8, 4) is 5.75 Å². The van der Waals surface area contributed by atoms with E-state index in [1.54, 1.807) is 17.9 Å². The number of para-hydroxylation sites is 1. The van der Waals surface area contributed by atoms with Crippen LogP contribution in [0.1, 0.15) is 49.1 Å². The third kappa shape index (κ3) is 5.89. The zero-order valence-electron chi connectivity index (χ0n) is 27.1. The molecule has 3 heterocycles. The second-order valence-corrected chi connectivity index (χ2v) is 13.2. The third-order valence-corrected chi connectivity index (χ3v) is 9.78. The number of rotatable bonds is 8. The first-order valence-corrected chi connectivity index (χ1v) is 17.2. The summed E-state index contributed by atoms with van der Waals surface area (Å²) in [6.07, 6.45) is -0.0333. The lowest BCUT2D eigenvalue weighted by Gasteiger charge is -2.26. The lowest BCUT2D eigenvalue weighted by Crippen LogP contribution is -2.41. The number of ether oxygens (including phenoxy) is 2. The molecule has 4 aromatic carbocycles. The maximum atomic E-state index is 14.7. The molecule has 0 N–H and O–H groups in total. The van der Waals surface area contributed by atoms with Gasteiger partial charge in [-0.3, -0.25) is 14.2 Å². The van der Waals surface area contributed by atoms with Crippen LogP contribution < -0.4 is 24.5 Å². The van der Waals surface area contributed by atoms with E-state index in [4.69, 9.17) is 26.1 Å². The normalized spacial score (nSPS) is 16.4. The number of amides is 1. The molecule has 10 heteroatoms. The smallest absolute Gasteiger partial charge is 0.338 e. The van der Waals surface area contributed by atoms with Crippen molar-refractivity contribution in [2.24, 2.45) is 4.99 Å². The van der Waals surface area contributed by atoms with Crippen LogP contribution in [0.25, 0.3) is 11.3 Å². The Labute approximate surface area is 291 Å². The molecular weight excluding hydrogens is 658 g/mol. The number of fused-ring (bicyclic) bond motifs is 2. The van der Waals surface area contributed by atoms with Crippen molar-refractivity contribution >= 4 is 51.8 Å². The van der Waals surface area contributed by atoms with Gasteiger partial charge in [0, 0.05) is 16.1 Å². The minimum atomic E-state index is -0.890. The van der Waals surface area contributed by atoms with Crippen LogP contribution in [0.5, 0.6) is 5.75 Å². The van der Waals surface area contributed by atoms with Crippen LogP contribution in [0.4, 0.5) is 5.69 Å². The number of hydrogen-bond acceptors (Lipinski definition) is 7. The number of aromatic nitrogens is 1. The average molecular weight is 690 g/mol. The van der Waals surface area contributed by atoms with E-state index in [1.165, 1.54) is 4.57 Å². The highest BCUT2D eigenvalue weighted by Gasteiger charge is 2.38. The number of hydrogen-bond donors (Lipinski definition) is 0. The molecule has 0 radical (unpaired) electrons. The molecule has 2 aliphatic heterocycles. The van der Waals surface area contributed by atoms with Gasteiger partial charge in [0.05, 0.1) is 47.8 Å². The largest absolute Gasteiger partial charge is 0.491 e. The van der Waals surface area contributed by atoms with Crippen LogP contribution in [-0.4, -0.2) is 29.2 Å². The Morgan fingerprint density at radius 1 is 0.918 bits per heavy atom. The zero-order chi connectivity index (χ0) is 34.2. The van der Waals surface area contributed by atoms with Crippen molar-refractivity contribution in [1.82, 2.24) is 4.57 Å². The molecule has 0 aliphatic carbocycles. The molecule has 0 bridgehead atoms. The molecular formula is C39H32ClN3O5S. The van der Waals surface area contributed by atoms with E-state index in [0.29, 0.717) is 43.6 Å². The van der Waals surface area contributed by atoms with E-state index in [0.717, 1.165) is 16.9 Å². The molecule has 246 valence electrons. The zero-order valence-corrected chi connectivity index (χ0v) is 28.6. The number of carbonyl (C=O) groups is 2. The van der Waals surface area contributed by atoms with Crippen molar-refractivity contribution in [3.63, 3.8) is 0 Å². The Morgan fingerprint density at radius 3 is 2.33 bits per heavy atom. The first-order chi connectivity index (χ1) is 23.8. The van der Waals surface area contributed by atoms with Gasteiger partial charge in [-0.05, 0) is 56.2 Å². The topological polar surface area (TPSA) is 90.2 Å². The van der Waals surface area contributed by atoms with Crippen LogP contribution in [0.15, 0.2) is 118 Å². The van der Waals surface area contributed by atoms with Crippen molar-refractivity contribution in [2.75, 3.05) is 11.5 Å². The van der Waals surface area contributed by atoms with Gasteiger partial charge < -0.3 is 14.4 Å². The summed E-state index contributed by atoms with van der Waals surface area (Å²) in [4.78, 5) is 49.9. The second-order valence-electron chi connectivity index (χ2n) is 11.9. The van der Waals surface area contributed by atoms with Gasteiger partial charge in [-0.1, -0.05) is 102 Å². The van der Waals surface area contributed by atoms with E-state index in [9.17, 15) is 14.4 Å². The number of carbonyl (C=O) groups excluding carboxylic acids is 2. The molecule has 49 heavy (non-hydrogen) atoms. The number of nitrogens with zero attached hydrogens (tertiary/aromatic N) is 3. The van der Waals surface area contributed by atoms with Crippen LogP contribution in [0, 0.1) is 0 Å². The summed E-state index contributed by atoms with van der Waals surface area (Å²) in [5.41, 5.74) is 3.97. The standard InChI is InChI=1S/C39H32ClN3O5S/c1-4-47-38(46)32-33(24-12-6-5-7-13-24)41-39-43(34(32)25-18-20-27(21-19-25)48-23(2)3)37(45)35(49-39)31-28-15-9-11-17-30(28)42(36(31)44)22-26-14-8-10-16-29(26)40/h5-21,23,34H,4,22H2,1-3H3/b35-31-/t34-/m1/s1. The Bertz CT molecular complexity index is 2310. The Balaban J connectivity index is 1.48. The Morgan fingerprint density at radius 2 is 1.61 bits per heavy atom. The first kappa shape index (κ1) is 32.3. The van der Waals surface area contributed by atoms with Crippen molar-refractivity contribution in [1.29, 1.82) is 0 Å². The molecule has 0 fully saturated rings. The highest BCUT2D eigenvalue weighted by Crippen LogP contribution is 2.38. The van der Waals surface area contributed by atoms with Gasteiger partial charge in [0.15, 0.2) is 4.80 Å². The molecule has 0 unspecified atom stereocenters. The van der Waals surface area contributed by atoms with Gasteiger partial charge in [-0.25, -0.2) is 9.79 Å². The predicted molar refractivity (Wildman–Crippen MR) is 191 cm³/mol. The fraction of sp³-hybridized carbons (Fsp3) is 0.179. The van der Waals surface area contributed by atoms with E-state index in [2.05, 4.69) is 0 Å². The van der Waals surface area contributed by atoms with Gasteiger partial charge in [0.25, 0.3) is 11.5 Å². The van der Waals surface area contributed by atoms with Gasteiger partial charge in [-0.15, -0.1) is 0 Å². The quantitative estimate of drug-likeness (QED) is 0.179.